The van der Waals surface area contributed by atoms with Gasteiger partial charge in [-0.25, -0.2) is 8.42 Å². The zero-order valence-electron chi connectivity index (χ0n) is 16.4. The Bertz CT molecular complexity index is 1020. The molecule has 4 rings (SSSR count). The van der Waals surface area contributed by atoms with Crippen LogP contribution in [0.2, 0.25) is 0 Å². The smallest absolute Gasteiger partial charge is 0.243 e. The Morgan fingerprint density at radius 1 is 0.966 bits per heavy atom. The van der Waals surface area contributed by atoms with Crippen LogP contribution >= 0.6 is 0 Å². The van der Waals surface area contributed by atoms with E-state index >= 15 is 0 Å². The summed E-state index contributed by atoms with van der Waals surface area (Å²) in [4.78, 5) is 2.41. The van der Waals surface area contributed by atoms with Crippen molar-refractivity contribution in [1.82, 2.24) is 14.5 Å². The van der Waals surface area contributed by atoms with Gasteiger partial charge in [0.1, 0.15) is 5.69 Å². The van der Waals surface area contributed by atoms with Crippen LogP contribution in [-0.4, -0.2) is 49.1 Å². The Labute approximate surface area is 171 Å². The van der Waals surface area contributed by atoms with Gasteiger partial charge in [0.05, 0.1) is 11.2 Å². The molecular formula is C21H24N4O3S. The van der Waals surface area contributed by atoms with Gasteiger partial charge < -0.3 is 9.32 Å². The summed E-state index contributed by atoms with van der Waals surface area (Å²) < 4.78 is 32.8. The largest absolute Gasteiger partial charge is 0.463 e. The molecule has 0 bridgehead atoms. The van der Waals surface area contributed by atoms with Crippen LogP contribution in [-0.2, 0) is 16.4 Å². The fourth-order valence-electron chi connectivity index (χ4n) is 3.47. The summed E-state index contributed by atoms with van der Waals surface area (Å²) in [5.74, 6) is 1.41. The molecule has 0 saturated carbocycles. The van der Waals surface area contributed by atoms with Crippen molar-refractivity contribution >= 4 is 15.8 Å². The number of aryl methyl sites for hydroxylation is 1. The molecule has 3 aromatic rings. The first kappa shape index (κ1) is 19.6. The van der Waals surface area contributed by atoms with E-state index in [0.717, 1.165) is 24.2 Å². The van der Waals surface area contributed by atoms with Gasteiger partial charge in [0, 0.05) is 26.2 Å². The summed E-state index contributed by atoms with van der Waals surface area (Å²) in [6.45, 7) is 4.09. The van der Waals surface area contributed by atoms with E-state index in [1.54, 1.807) is 22.7 Å². The first-order chi connectivity index (χ1) is 14.1. The van der Waals surface area contributed by atoms with E-state index in [1.165, 1.54) is 0 Å². The lowest BCUT2D eigenvalue weighted by Crippen LogP contribution is -2.49. The lowest BCUT2D eigenvalue weighted by atomic mass is 10.1. The van der Waals surface area contributed by atoms with Crippen molar-refractivity contribution < 1.29 is 12.8 Å². The van der Waals surface area contributed by atoms with Crippen LogP contribution in [0, 0.1) is 0 Å². The van der Waals surface area contributed by atoms with Gasteiger partial charge in [0.25, 0.3) is 0 Å². The first-order valence-electron chi connectivity index (χ1n) is 9.79. The lowest BCUT2D eigenvalue weighted by molar-refractivity contribution is 0.383. The SMILES string of the molecule is CCCc1ccc(S(=O)(=O)N2CCN(c3ccc(-c4ccco4)nn3)CC2)cc1. The molecule has 0 N–H and O–H groups in total. The van der Waals surface area contributed by atoms with Crippen LogP contribution < -0.4 is 4.90 Å². The van der Waals surface area contributed by atoms with E-state index in [-0.39, 0.29) is 0 Å². The zero-order chi connectivity index (χ0) is 20.3. The van der Waals surface area contributed by atoms with Crippen LogP contribution in [0.5, 0.6) is 0 Å². The topological polar surface area (TPSA) is 79.5 Å². The third-order valence-electron chi connectivity index (χ3n) is 5.09. The molecule has 1 aromatic carbocycles. The van der Waals surface area contributed by atoms with Gasteiger partial charge in [-0.15, -0.1) is 10.2 Å². The second-order valence-corrected chi connectivity index (χ2v) is 8.98. The number of benzene rings is 1. The highest BCUT2D eigenvalue weighted by atomic mass is 32.2. The Morgan fingerprint density at radius 3 is 2.31 bits per heavy atom. The maximum absolute atomic E-state index is 12.9. The molecule has 0 amide bonds. The Morgan fingerprint density at radius 2 is 1.72 bits per heavy atom. The fraction of sp³-hybridized carbons (Fsp3) is 0.333. The van der Waals surface area contributed by atoms with E-state index in [0.29, 0.717) is 42.5 Å². The van der Waals surface area contributed by atoms with Crippen LogP contribution in [0.4, 0.5) is 5.82 Å². The van der Waals surface area contributed by atoms with Gasteiger partial charge in [0.15, 0.2) is 11.6 Å². The van der Waals surface area contributed by atoms with Crippen molar-refractivity contribution in [1.29, 1.82) is 0 Å². The van der Waals surface area contributed by atoms with Gasteiger partial charge in [-0.05, 0) is 48.4 Å². The maximum Gasteiger partial charge on any atom is 0.243 e. The molecular weight excluding hydrogens is 388 g/mol. The molecule has 1 fully saturated rings. The number of furan rings is 1. The minimum absolute atomic E-state index is 0.355. The predicted octanol–water partition coefficient (Wildman–Crippen LogP) is 3.20. The number of nitrogens with zero attached hydrogens (tertiary/aromatic N) is 4. The Balaban J connectivity index is 1.40. The number of aromatic nitrogens is 2. The van der Waals surface area contributed by atoms with E-state index in [4.69, 9.17) is 4.42 Å². The normalized spacial score (nSPS) is 15.6. The van der Waals surface area contributed by atoms with Crippen molar-refractivity contribution in [3.05, 3.63) is 60.4 Å². The van der Waals surface area contributed by atoms with Crippen LogP contribution in [0.25, 0.3) is 11.5 Å². The molecule has 8 heteroatoms. The third kappa shape index (κ3) is 4.18. The fourth-order valence-corrected chi connectivity index (χ4v) is 4.90. The standard InChI is InChI=1S/C21H24N4O3S/c1-2-4-17-6-8-18(9-7-17)29(26,27)25-14-12-24(13-15-25)21-11-10-19(22-23-21)20-5-3-16-28-20/h3,5-11,16H,2,4,12-15H2,1H3. The second kappa shape index (κ2) is 8.34. The summed E-state index contributed by atoms with van der Waals surface area (Å²) in [6, 6.07) is 14.6. The molecule has 0 radical (unpaired) electrons. The minimum atomic E-state index is -3.48. The molecule has 152 valence electrons. The summed E-state index contributed by atoms with van der Waals surface area (Å²) in [5, 5.41) is 8.50. The number of rotatable bonds is 6. The number of piperazine rings is 1. The Kier molecular flexibility index (Phi) is 5.64. The molecule has 0 spiro atoms. The highest BCUT2D eigenvalue weighted by Crippen LogP contribution is 2.22. The van der Waals surface area contributed by atoms with Crippen LogP contribution in [0.1, 0.15) is 18.9 Å². The molecule has 0 atom stereocenters. The lowest BCUT2D eigenvalue weighted by Gasteiger charge is -2.34. The van der Waals surface area contributed by atoms with Crippen LogP contribution in [0.3, 0.4) is 0 Å². The number of sulfonamides is 1. The van der Waals surface area contributed by atoms with Gasteiger partial charge in [0.2, 0.25) is 10.0 Å². The summed E-state index contributed by atoms with van der Waals surface area (Å²) in [7, 11) is -3.48. The summed E-state index contributed by atoms with van der Waals surface area (Å²) >= 11 is 0. The van der Waals surface area contributed by atoms with Crippen molar-refractivity contribution in [3.63, 3.8) is 0 Å². The van der Waals surface area contributed by atoms with Crippen molar-refractivity contribution in [2.45, 2.75) is 24.7 Å². The molecule has 29 heavy (non-hydrogen) atoms. The van der Waals surface area contributed by atoms with Gasteiger partial charge in [-0.2, -0.15) is 4.31 Å². The number of hydrogen-bond donors (Lipinski definition) is 0. The molecule has 0 unspecified atom stereocenters. The first-order valence-corrected chi connectivity index (χ1v) is 11.2. The highest BCUT2D eigenvalue weighted by molar-refractivity contribution is 7.89. The molecule has 1 aliphatic heterocycles. The molecule has 1 saturated heterocycles. The van der Waals surface area contributed by atoms with Gasteiger partial charge >= 0.3 is 0 Å². The zero-order valence-corrected chi connectivity index (χ0v) is 17.2. The molecule has 2 aromatic heterocycles. The van der Waals surface area contributed by atoms with Gasteiger partial charge in [-0.1, -0.05) is 25.5 Å². The van der Waals surface area contributed by atoms with Crippen LogP contribution in [0.15, 0.2) is 64.1 Å². The molecule has 0 aliphatic carbocycles. The molecule has 7 nitrogen and oxygen atoms in total. The maximum atomic E-state index is 12.9. The summed E-state index contributed by atoms with van der Waals surface area (Å²) in [5.41, 5.74) is 1.83. The average molecular weight is 413 g/mol. The average Bonchev–Trinajstić information content (AvgIpc) is 3.30. The number of hydrogen-bond acceptors (Lipinski definition) is 6. The van der Waals surface area contributed by atoms with E-state index < -0.39 is 10.0 Å². The molecule has 1 aliphatic rings. The summed E-state index contributed by atoms with van der Waals surface area (Å²) in [6.07, 6.45) is 3.60. The van der Waals surface area contributed by atoms with Crippen molar-refractivity contribution in [2.24, 2.45) is 0 Å². The minimum Gasteiger partial charge on any atom is -0.463 e. The van der Waals surface area contributed by atoms with Crippen molar-refractivity contribution in [3.8, 4) is 11.5 Å². The monoisotopic (exact) mass is 412 g/mol. The second-order valence-electron chi connectivity index (χ2n) is 7.04. The van der Waals surface area contributed by atoms with Crippen molar-refractivity contribution in [2.75, 3.05) is 31.1 Å². The van der Waals surface area contributed by atoms with E-state index in [9.17, 15) is 8.42 Å². The van der Waals surface area contributed by atoms with E-state index in [2.05, 4.69) is 22.0 Å². The highest BCUT2D eigenvalue weighted by Gasteiger charge is 2.29. The Hall–Kier alpha value is -2.71. The third-order valence-corrected chi connectivity index (χ3v) is 7.00. The van der Waals surface area contributed by atoms with Gasteiger partial charge in [-0.3, -0.25) is 0 Å². The number of anilines is 1. The van der Waals surface area contributed by atoms with E-state index in [1.807, 2.05) is 36.4 Å². The predicted molar refractivity (Wildman–Crippen MR) is 111 cm³/mol. The quantitative estimate of drug-likeness (QED) is 0.619. The molecule has 3 heterocycles.